The van der Waals surface area contributed by atoms with Gasteiger partial charge in [0.1, 0.15) is 11.5 Å². The number of rotatable bonds is 3. The van der Waals surface area contributed by atoms with E-state index in [0.717, 1.165) is 31.8 Å². The van der Waals surface area contributed by atoms with Gasteiger partial charge < -0.3 is 24.8 Å². The number of hydrogen-bond acceptors (Lipinski definition) is 5. The normalized spacial score (nSPS) is 25.4. The summed E-state index contributed by atoms with van der Waals surface area (Å²) in [5.41, 5.74) is -0.328. The molecule has 2 aliphatic heterocycles. The van der Waals surface area contributed by atoms with Crippen LogP contribution in [-0.4, -0.2) is 76.2 Å². The lowest BCUT2D eigenvalue weighted by Crippen LogP contribution is -2.54. The van der Waals surface area contributed by atoms with Crippen molar-refractivity contribution in [1.82, 2.24) is 24.7 Å². The zero-order chi connectivity index (χ0) is 15.7. The van der Waals surface area contributed by atoms with Gasteiger partial charge in [0.15, 0.2) is 0 Å². The van der Waals surface area contributed by atoms with Gasteiger partial charge in [0.05, 0.1) is 18.7 Å². The first kappa shape index (κ1) is 15.5. The molecule has 7 heteroatoms. The van der Waals surface area contributed by atoms with E-state index in [1.54, 1.807) is 4.90 Å². The Morgan fingerprint density at radius 3 is 3.05 bits per heavy atom. The molecule has 0 spiro atoms. The number of nitrogens with zero attached hydrogens (tertiary/aromatic N) is 4. The van der Waals surface area contributed by atoms with Crippen molar-refractivity contribution in [2.75, 3.05) is 40.3 Å². The van der Waals surface area contributed by atoms with Crippen LogP contribution in [0.4, 0.5) is 0 Å². The van der Waals surface area contributed by atoms with Crippen molar-refractivity contribution in [2.45, 2.75) is 31.5 Å². The molecule has 1 aromatic rings. The van der Waals surface area contributed by atoms with Gasteiger partial charge in [0.25, 0.3) is 5.91 Å². The smallest absolute Gasteiger partial charge is 0.274 e. The monoisotopic (exact) mass is 307 g/mol. The second-order valence-corrected chi connectivity index (χ2v) is 6.70. The minimum Gasteiger partial charge on any atom is -0.387 e. The number of imidazole rings is 1. The van der Waals surface area contributed by atoms with E-state index in [4.69, 9.17) is 0 Å². The molecule has 1 amide bonds. The summed E-state index contributed by atoms with van der Waals surface area (Å²) in [4.78, 5) is 20.9. The lowest BCUT2D eigenvalue weighted by molar-refractivity contribution is -0.0392. The first-order valence-electron chi connectivity index (χ1n) is 7.90. The van der Waals surface area contributed by atoms with Gasteiger partial charge in [-0.25, -0.2) is 4.98 Å². The quantitative estimate of drug-likeness (QED) is 0.789. The molecule has 1 aromatic heterocycles. The third kappa shape index (κ3) is 3.16. The molecule has 122 valence electrons. The van der Waals surface area contributed by atoms with E-state index in [1.165, 1.54) is 0 Å². The second kappa shape index (κ2) is 5.98. The van der Waals surface area contributed by atoms with Crippen LogP contribution in [-0.2, 0) is 13.1 Å². The summed E-state index contributed by atoms with van der Waals surface area (Å²) < 4.78 is 2.04. The average Bonchev–Trinajstić information content (AvgIpc) is 2.89. The number of hydrogen-bond donors (Lipinski definition) is 2. The van der Waals surface area contributed by atoms with Crippen LogP contribution in [0.3, 0.4) is 0 Å². The van der Waals surface area contributed by atoms with Crippen LogP contribution in [0.1, 0.15) is 29.2 Å². The van der Waals surface area contributed by atoms with Crippen LogP contribution < -0.4 is 5.32 Å². The summed E-state index contributed by atoms with van der Waals surface area (Å²) in [6, 6.07) is 0. The molecule has 0 radical (unpaired) electrons. The van der Waals surface area contributed by atoms with Gasteiger partial charge in [-0.2, -0.15) is 0 Å². The number of amides is 1. The Bertz CT molecular complexity index is 533. The van der Waals surface area contributed by atoms with Crippen LogP contribution in [0, 0.1) is 0 Å². The predicted octanol–water partition coefficient (Wildman–Crippen LogP) is -0.485. The Morgan fingerprint density at radius 2 is 2.32 bits per heavy atom. The van der Waals surface area contributed by atoms with Gasteiger partial charge in [-0.15, -0.1) is 0 Å². The highest BCUT2D eigenvalue weighted by Crippen LogP contribution is 2.23. The lowest BCUT2D eigenvalue weighted by atomic mass is 9.92. The second-order valence-electron chi connectivity index (χ2n) is 6.70. The summed E-state index contributed by atoms with van der Waals surface area (Å²) in [6.07, 6.45) is 3.40. The molecule has 1 atom stereocenters. The minimum absolute atomic E-state index is 0.0706. The lowest BCUT2D eigenvalue weighted by Gasteiger charge is -2.40. The van der Waals surface area contributed by atoms with Gasteiger partial charge in [0, 0.05) is 32.4 Å². The van der Waals surface area contributed by atoms with Crippen LogP contribution in [0.25, 0.3) is 0 Å². The van der Waals surface area contributed by atoms with E-state index in [9.17, 15) is 9.90 Å². The maximum atomic E-state index is 12.7. The summed E-state index contributed by atoms with van der Waals surface area (Å²) in [7, 11) is 3.88. The van der Waals surface area contributed by atoms with Crippen molar-refractivity contribution in [1.29, 1.82) is 0 Å². The molecule has 3 rings (SSSR count). The highest BCUT2D eigenvalue weighted by atomic mass is 16.3. The van der Waals surface area contributed by atoms with Crippen LogP contribution in [0.15, 0.2) is 6.20 Å². The van der Waals surface area contributed by atoms with Crippen molar-refractivity contribution in [3.63, 3.8) is 0 Å². The first-order valence-corrected chi connectivity index (χ1v) is 7.90. The van der Waals surface area contributed by atoms with Crippen molar-refractivity contribution in [3.05, 3.63) is 17.7 Å². The standard InChI is InChI=1S/C15H25N5O2/c1-18(2)10-15(22)4-3-6-20(11-15)14(21)12-9-19-7-5-16-8-13(19)17-12/h9,16,22H,3-8,10-11H2,1-2H3/t15-/m1/s1. The third-order valence-corrected chi connectivity index (χ3v) is 4.34. The fraction of sp³-hybridized carbons (Fsp3) is 0.733. The number of piperidine rings is 1. The van der Waals surface area contributed by atoms with Crippen LogP contribution >= 0.6 is 0 Å². The fourth-order valence-electron chi connectivity index (χ4n) is 3.46. The predicted molar refractivity (Wildman–Crippen MR) is 82.6 cm³/mol. The number of aliphatic hydroxyl groups is 1. The molecule has 0 bridgehead atoms. The Kier molecular flexibility index (Phi) is 4.20. The number of β-amino-alcohol motifs (C(OH)–C–C–N with tert-alkyl or cyclic N) is 1. The van der Waals surface area contributed by atoms with E-state index >= 15 is 0 Å². The minimum atomic E-state index is -0.821. The van der Waals surface area contributed by atoms with E-state index in [-0.39, 0.29) is 5.91 Å². The molecule has 1 fully saturated rings. The summed E-state index contributed by atoms with van der Waals surface area (Å²) in [6.45, 7) is 4.10. The SMILES string of the molecule is CN(C)C[C@]1(O)CCCN(C(=O)c2cn3c(n2)CNCC3)C1. The molecule has 22 heavy (non-hydrogen) atoms. The van der Waals surface area contributed by atoms with E-state index in [0.29, 0.717) is 31.9 Å². The molecule has 3 heterocycles. The Labute approximate surface area is 130 Å². The highest BCUT2D eigenvalue weighted by Gasteiger charge is 2.36. The number of fused-ring (bicyclic) bond motifs is 1. The van der Waals surface area contributed by atoms with Crippen molar-refractivity contribution < 1.29 is 9.90 Å². The molecule has 2 N–H and O–H groups in total. The maximum Gasteiger partial charge on any atom is 0.274 e. The number of nitrogens with one attached hydrogen (secondary N) is 1. The number of carbonyl (C=O) groups is 1. The highest BCUT2D eigenvalue weighted by molar-refractivity contribution is 5.92. The molecule has 1 saturated heterocycles. The molecule has 0 aliphatic carbocycles. The number of likely N-dealkylation sites (tertiary alicyclic amines) is 1. The molecule has 0 aromatic carbocycles. The van der Waals surface area contributed by atoms with Crippen LogP contribution in [0.2, 0.25) is 0 Å². The van der Waals surface area contributed by atoms with Gasteiger partial charge in [-0.05, 0) is 26.9 Å². The number of aromatic nitrogens is 2. The Balaban J connectivity index is 1.73. The van der Waals surface area contributed by atoms with Crippen molar-refractivity contribution >= 4 is 5.91 Å². The molecule has 7 nitrogen and oxygen atoms in total. The van der Waals surface area contributed by atoms with Gasteiger partial charge >= 0.3 is 0 Å². The maximum absolute atomic E-state index is 12.7. The van der Waals surface area contributed by atoms with Gasteiger partial charge in [-0.3, -0.25) is 4.79 Å². The van der Waals surface area contributed by atoms with E-state index < -0.39 is 5.60 Å². The summed E-state index contributed by atoms with van der Waals surface area (Å²) in [5.74, 6) is 0.842. The molecular weight excluding hydrogens is 282 g/mol. The molecule has 0 saturated carbocycles. The fourth-order valence-corrected chi connectivity index (χ4v) is 3.46. The van der Waals surface area contributed by atoms with Crippen LogP contribution in [0.5, 0.6) is 0 Å². The summed E-state index contributed by atoms with van der Waals surface area (Å²) >= 11 is 0. The molecule has 0 unspecified atom stereocenters. The topological polar surface area (TPSA) is 73.6 Å². The molecular formula is C15H25N5O2. The number of carbonyl (C=O) groups excluding carboxylic acids is 1. The zero-order valence-corrected chi connectivity index (χ0v) is 13.4. The number of likely N-dealkylation sites (N-methyl/N-ethyl adjacent to an activating group) is 1. The zero-order valence-electron chi connectivity index (χ0n) is 13.4. The van der Waals surface area contributed by atoms with E-state index in [2.05, 4.69) is 10.3 Å². The third-order valence-electron chi connectivity index (χ3n) is 4.34. The average molecular weight is 307 g/mol. The van der Waals surface area contributed by atoms with E-state index in [1.807, 2.05) is 29.8 Å². The Morgan fingerprint density at radius 1 is 1.50 bits per heavy atom. The molecule has 2 aliphatic rings. The van der Waals surface area contributed by atoms with Crippen molar-refractivity contribution in [2.24, 2.45) is 0 Å². The largest absolute Gasteiger partial charge is 0.387 e. The van der Waals surface area contributed by atoms with Gasteiger partial charge in [0.2, 0.25) is 0 Å². The summed E-state index contributed by atoms with van der Waals surface area (Å²) in [5, 5.41) is 14.0. The van der Waals surface area contributed by atoms with Gasteiger partial charge in [-0.1, -0.05) is 0 Å². The Hall–Kier alpha value is -1.44. The van der Waals surface area contributed by atoms with Crippen molar-refractivity contribution in [3.8, 4) is 0 Å². The first-order chi connectivity index (χ1) is 10.5.